The lowest BCUT2D eigenvalue weighted by Crippen LogP contribution is -2.54. The zero-order valence-corrected chi connectivity index (χ0v) is 27.7. The second kappa shape index (κ2) is 15.2. The van der Waals surface area contributed by atoms with Crippen LogP contribution in [0.5, 0.6) is 0 Å². The average molecular weight is 707 g/mol. The third-order valence-corrected chi connectivity index (χ3v) is 9.50. The van der Waals surface area contributed by atoms with E-state index in [0.29, 0.717) is 26.5 Å². The number of carbonyl (C=O) groups excluding carboxylic acids is 2. The van der Waals surface area contributed by atoms with E-state index in [2.05, 4.69) is 5.32 Å². The smallest absolute Gasteiger partial charge is 0.352 e. The molecule has 0 bridgehead atoms. The number of sulfonamides is 1. The number of anilines is 1. The quantitative estimate of drug-likeness (QED) is 0.167. The van der Waals surface area contributed by atoms with Crippen molar-refractivity contribution in [1.29, 1.82) is 0 Å². The van der Waals surface area contributed by atoms with Crippen molar-refractivity contribution in [3.05, 3.63) is 130 Å². The molecule has 2 amide bonds. The van der Waals surface area contributed by atoms with Gasteiger partial charge in [0.2, 0.25) is 11.8 Å². The monoisotopic (exact) mass is 705 g/mol. The van der Waals surface area contributed by atoms with Crippen LogP contribution >= 0.6 is 23.2 Å². The Morgan fingerprint density at radius 2 is 1.49 bits per heavy atom. The van der Waals surface area contributed by atoms with Crippen molar-refractivity contribution in [3.63, 3.8) is 0 Å². The minimum Gasteiger partial charge on any atom is -0.352 e. The molecular weight excluding hydrogens is 674 g/mol. The zero-order valence-electron chi connectivity index (χ0n) is 25.4. The molecule has 0 aliphatic heterocycles. The lowest BCUT2D eigenvalue weighted by Gasteiger charge is -2.34. The summed E-state index contributed by atoms with van der Waals surface area (Å²) in [6.45, 7) is 2.34. The first-order chi connectivity index (χ1) is 22.2. The van der Waals surface area contributed by atoms with Crippen LogP contribution in [-0.4, -0.2) is 43.8 Å². The molecular formula is C34H32Cl2F3N3O4S. The highest BCUT2D eigenvalue weighted by atomic mass is 35.5. The Hall–Kier alpha value is -4.06. The van der Waals surface area contributed by atoms with Crippen molar-refractivity contribution in [3.8, 4) is 0 Å². The van der Waals surface area contributed by atoms with Gasteiger partial charge in [-0.3, -0.25) is 13.9 Å². The lowest BCUT2D eigenvalue weighted by molar-refractivity contribution is -0.140. The number of rotatable bonds is 12. The molecule has 1 N–H and O–H groups in total. The van der Waals surface area contributed by atoms with E-state index in [1.165, 1.54) is 41.3 Å². The first-order valence-corrected chi connectivity index (χ1v) is 16.7. The number of amides is 2. The third-order valence-electron chi connectivity index (χ3n) is 7.13. The highest BCUT2D eigenvalue weighted by molar-refractivity contribution is 7.92. The van der Waals surface area contributed by atoms with Crippen molar-refractivity contribution >= 4 is 50.7 Å². The van der Waals surface area contributed by atoms with E-state index in [1.807, 2.05) is 0 Å². The lowest BCUT2D eigenvalue weighted by atomic mass is 10.0. The molecule has 0 saturated heterocycles. The van der Waals surface area contributed by atoms with Crippen molar-refractivity contribution in [2.24, 2.45) is 0 Å². The molecule has 1 atom stereocenters. The van der Waals surface area contributed by atoms with Gasteiger partial charge in [-0.05, 0) is 67.4 Å². The number of nitrogens with one attached hydrogen (secondary N) is 1. The molecule has 4 aromatic rings. The second-order valence-corrected chi connectivity index (χ2v) is 13.7. The molecule has 4 rings (SSSR count). The first-order valence-electron chi connectivity index (χ1n) is 14.5. The summed E-state index contributed by atoms with van der Waals surface area (Å²) >= 11 is 12.6. The molecule has 13 heteroatoms. The van der Waals surface area contributed by atoms with Crippen molar-refractivity contribution in [2.75, 3.05) is 10.8 Å². The Kier molecular flexibility index (Phi) is 11.6. The van der Waals surface area contributed by atoms with E-state index >= 15 is 0 Å². The Morgan fingerprint density at radius 3 is 2.09 bits per heavy atom. The van der Waals surface area contributed by atoms with Gasteiger partial charge < -0.3 is 10.2 Å². The number of nitrogens with zero attached hydrogens (tertiary/aromatic N) is 2. The largest absolute Gasteiger partial charge is 0.416 e. The van der Waals surface area contributed by atoms with Gasteiger partial charge in [0.25, 0.3) is 10.0 Å². The molecule has 0 aromatic heterocycles. The molecule has 0 heterocycles. The maximum atomic E-state index is 14.4. The maximum absolute atomic E-state index is 14.4. The number of benzene rings is 4. The standard InChI is InChI=1S/C34H32Cl2F3N3O4S/c1-23(2)40-33(44)31(18-24-10-5-3-6-11-24)41(21-25-16-17-27(35)20-30(25)36)32(43)22-42(47(45,46)29-14-7-4-8-15-29)28-13-9-12-26(19-28)34(37,38)39/h3-17,19-20,23,31H,18,21-22H2,1-2H3,(H,40,44). The Balaban J connectivity index is 1.86. The van der Waals surface area contributed by atoms with Gasteiger partial charge in [-0.1, -0.05) is 83.9 Å². The van der Waals surface area contributed by atoms with Crippen LogP contribution in [-0.2, 0) is 38.8 Å². The van der Waals surface area contributed by atoms with E-state index < -0.39 is 46.2 Å². The van der Waals surface area contributed by atoms with Gasteiger partial charge in [0.1, 0.15) is 12.6 Å². The van der Waals surface area contributed by atoms with Crippen LogP contribution in [0.3, 0.4) is 0 Å². The van der Waals surface area contributed by atoms with Crippen LogP contribution in [0.2, 0.25) is 10.0 Å². The molecule has 0 aliphatic rings. The topological polar surface area (TPSA) is 86.8 Å². The van der Waals surface area contributed by atoms with Crippen LogP contribution in [0.1, 0.15) is 30.5 Å². The Labute approximate surface area is 282 Å². The van der Waals surface area contributed by atoms with Crippen molar-refractivity contribution in [2.45, 2.75) is 50.0 Å². The van der Waals surface area contributed by atoms with E-state index in [1.54, 1.807) is 62.4 Å². The highest BCUT2D eigenvalue weighted by Gasteiger charge is 2.36. The summed E-state index contributed by atoms with van der Waals surface area (Å²) in [5.74, 6) is -1.37. The fourth-order valence-corrected chi connectivity index (χ4v) is 6.75. The first kappa shape index (κ1) is 35.8. The number of halogens is 5. The fourth-order valence-electron chi connectivity index (χ4n) is 4.85. The van der Waals surface area contributed by atoms with E-state index in [0.717, 1.165) is 12.1 Å². The fraction of sp³-hybridized carbons (Fsp3) is 0.235. The number of hydrogen-bond acceptors (Lipinski definition) is 4. The third kappa shape index (κ3) is 9.27. The molecule has 4 aromatic carbocycles. The summed E-state index contributed by atoms with van der Waals surface area (Å²) in [6, 6.07) is 22.8. The molecule has 0 aliphatic carbocycles. The molecule has 0 radical (unpaired) electrons. The highest BCUT2D eigenvalue weighted by Crippen LogP contribution is 2.34. The number of carbonyl (C=O) groups is 2. The summed E-state index contributed by atoms with van der Waals surface area (Å²) in [7, 11) is -4.58. The van der Waals surface area contributed by atoms with Crippen LogP contribution in [0, 0.1) is 0 Å². The molecule has 248 valence electrons. The van der Waals surface area contributed by atoms with Gasteiger partial charge in [-0.2, -0.15) is 13.2 Å². The molecule has 0 fully saturated rings. The maximum Gasteiger partial charge on any atom is 0.416 e. The molecule has 0 spiro atoms. The number of hydrogen-bond donors (Lipinski definition) is 1. The van der Waals surface area contributed by atoms with Gasteiger partial charge in [0.05, 0.1) is 16.1 Å². The van der Waals surface area contributed by atoms with Crippen LogP contribution in [0.4, 0.5) is 18.9 Å². The van der Waals surface area contributed by atoms with E-state index in [-0.39, 0.29) is 34.6 Å². The second-order valence-electron chi connectivity index (χ2n) is 11.0. The average Bonchev–Trinajstić information content (AvgIpc) is 3.02. The minimum absolute atomic E-state index is 0.0470. The predicted molar refractivity (Wildman–Crippen MR) is 177 cm³/mol. The van der Waals surface area contributed by atoms with E-state index in [4.69, 9.17) is 23.2 Å². The van der Waals surface area contributed by atoms with Gasteiger partial charge in [0, 0.05) is 29.1 Å². The van der Waals surface area contributed by atoms with Crippen LogP contribution < -0.4 is 9.62 Å². The zero-order chi connectivity index (χ0) is 34.4. The summed E-state index contributed by atoms with van der Waals surface area (Å²) in [4.78, 5) is 29.1. The summed E-state index contributed by atoms with van der Waals surface area (Å²) < 4.78 is 69.9. The van der Waals surface area contributed by atoms with Crippen molar-refractivity contribution < 1.29 is 31.2 Å². The van der Waals surface area contributed by atoms with Crippen LogP contribution in [0.25, 0.3) is 0 Å². The summed E-state index contributed by atoms with van der Waals surface area (Å²) in [6.07, 6.45) is -4.74. The predicted octanol–water partition coefficient (Wildman–Crippen LogP) is 7.37. The number of alkyl halides is 3. The summed E-state index contributed by atoms with van der Waals surface area (Å²) in [5.41, 5.74) is -0.356. The molecule has 1 unspecified atom stereocenters. The van der Waals surface area contributed by atoms with E-state index in [9.17, 15) is 31.2 Å². The van der Waals surface area contributed by atoms with Gasteiger partial charge >= 0.3 is 6.18 Å². The normalized spacial score (nSPS) is 12.4. The summed E-state index contributed by atoms with van der Waals surface area (Å²) in [5, 5.41) is 3.36. The minimum atomic E-state index is -4.78. The molecule has 0 saturated carbocycles. The van der Waals surface area contributed by atoms with Gasteiger partial charge in [-0.25, -0.2) is 8.42 Å². The van der Waals surface area contributed by atoms with Gasteiger partial charge in [-0.15, -0.1) is 0 Å². The molecule has 47 heavy (non-hydrogen) atoms. The van der Waals surface area contributed by atoms with Crippen molar-refractivity contribution in [1.82, 2.24) is 10.2 Å². The Bertz CT molecular complexity index is 1810. The van der Waals surface area contributed by atoms with Gasteiger partial charge in [0.15, 0.2) is 0 Å². The SMILES string of the molecule is CC(C)NC(=O)C(Cc1ccccc1)N(Cc1ccc(Cl)cc1Cl)C(=O)CN(c1cccc(C(F)(F)F)c1)S(=O)(=O)c1ccccc1. The Morgan fingerprint density at radius 1 is 0.851 bits per heavy atom. The molecule has 7 nitrogen and oxygen atoms in total. The van der Waals surface area contributed by atoms with Crippen LogP contribution in [0.15, 0.2) is 108 Å².